The van der Waals surface area contributed by atoms with Crippen LogP contribution in [0.3, 0.4) is 0 Å². The molecule has 0 aromatic heterocycles. The van der Waals surface area contributed by atoms with E-state index in [1.54, 1.807) is 18.2 Å². The Hall–Kier alpha value is -2.00. The van der Waals surface area contributed by atoms with Gasteiger partial charge in [-0.1, -0.05) is 89.7 Å². The molecule has 0 heterocycles. The molecule has 0 N–H and O–H groups in total. The van der Waals surface area contributed by atoms with Crippen LogP contribution >= 0.6 is 0 Å². The van der Waals surface area contributed by atoms with Gasteiger partial charge >= 0.3 is 0 Å². The molecule has 0 heteroatoms. The van der Waals surface area contributed by atoms with Gasteiger partial charge in [0.05, 0.1) is 0 Å². The van der Waals surface area contributed by atoms with Crippen LogP contribution in [0.15, 0.2) is 73.4 Å². The highest BCUT2D eigenvalue weighted by Gasteiger charge is 1.83. The minimum absolute atomic E-state index is 0.851. The van der Waals surface area contributed by atoms with E-state index in [1.807, 2.05) is 58.9 Å². The SMILES string of the molecule is C=C/C=C(/C#CC(/C=C\C)=C/C=C)C=C.CC.CC. The molecule has 0 nitrogen and oxygen atoms in total. The zero-order chi connectivity index (χ0) is 15.5. The molecule has 0 rings (SSSR count). The van der Waals surface area contributed by atoms with Gasteiger partial charge in [-0.3, -0.25) is 0 Å². The largest absolute Gasteiger partial charge is 0.0990 e. The highest BCUT2D eigenvalue weighted by molar-refractivity contribution is 5.48. The summed E-state index contributed by atoms with van der Waals surface area (Å²) in [5, 5.41) is 0. The van der Waals surface area contributed by atoms with Gasteiger partial charge in [0.2, 0.25) is 0 Å². The Morgan fingerprint density at radius 2 is 1.21 bits per heavy atom. The van der Waals surface area contributed by atoms with Crippen LogP contribution in [0.25, 0.3) is 0 Å². The van der Waals surface area contributed by atoms with Crippen molar-refractivity contribution >= 4 is 0 Å². The number of rotatable bonds is 4. The molecule has 19 heavy (non-hydrogen) atoms. The zero-order valence-corrected chi connectivity index (χ0v) is 13.2. The summed E-state index contributed by atoms with van der Waals surface area (Å²) in [7, 11) is 0. The number of hydrogen-bond acceptors (Lipinski definition) is 0. The topological polar surface area (TPSA) is 0 Å². The molecule has 0 aromatic rings. The van der Waals surface area contributed by atoms with Crippen molar-refractivity contribution in [3.8, 4) is 11.8 Å². The zero-order valence-electron chi connectivity index (χ0n) is 13.2. The Balaban J connectivity index is -0.000000579. The third-order valence-corrected chi connectivity index (χ3v) is 1.51. The molecule has 0 radical (unpaired) electrons. The van der Waals surface area contributed by atoms with E-state index in [0.717, 1.165) is 11.1 Å². The number of hydrogen-bond donors (Lipinski definition) is 0. The molecule has 0 amide bonds. The van der Waals surface area contributed by atoms with E-state index in [-0.39, 0.29) is 0 Å². The van der Waals surface area contributed by atoms with Crippen molar-refractivity contribution in [1.82, 2.24) is 0 Å². The summed E-state index contributed by atoms with van der Waals surface area (Å²) in [5.41, 5.74) is 1.77. The molecule has 0 bridgehead atoms. The van der Waals surface area contributed by atoms with Gasteiger partial charge in [-0.2, -0.15) is 0 Å². The maximum absolute atomic E-state index is 3.67. The fraction of sp³-hybridized carbons (Fsp3) is 0.263. The quantitative estimate of drug-likeness (QED) is 0.425. The van der Waals surface area contributed by atoms with Gasteiger partial charge in [0.1, 0.15) is 0 Å². The minimum atomic E-state index is 0.851. The predicted molar refractivity (Wildman–Crippen MR) is 92.0 cm³/mol. The van der Waals surface area contributed by atoms with Crippen molar-refractivity contribution in [3.05, 3.63) is 73.4 Å². The lowest BCUT2D eigenvalue weighted by Crippen LogP contribution is -1.73. The Labute approximate surface area is 120 Å². The Bertz CT molecular complexity index is 376. The molecule has 0 saturated heterocycles. The molecule has 0 aliphatic heterocycles. The normalized spacial score (nSPS) is 9.95. The van der Waals surface area contributed by atoms with Crippen LogP contribution in [0.5, 0.6) is 0 Å². The fourth-order valence-corrected chi connectivity index (χ4v) is 0.877. The van der Waals surface area contributed by atoms with Gasteiger partial charge < -0.3 is 0 Å². The molecule has 0 saturated carbocycles. The Morgan fingerprint density at radius 1 is 0.789 bits per heavy atom. The van der Waals surface area contributed by atoms with Gasteiger partial charge in [0.25, 0.3) is 0 Å². The average molecular weight is 256 g/mol. The van der Waals surface area contributed by atoms with Crippen molar-refractivity contribution in [3.63, 3.8) is 0 Å². The van der Waals surface area contributed by atoms with Crippen molar-refractivity contribution in [2.45, 2.75) is 34.6 Å². The maximum Gasteiger partial charge on any atom is 0.0245 e. The Morgan fingerprint density at radius 3 is 1.58 bits per heavy atom. The molecule has 0 fully saturated rings. The standard InChI is InChI=1S/C15H16.2C2H6/c1-5-9-14(8-4)12-13-15(10-6-2)11-7-3;2*1-2/h5-11H,1-2,4H2,3H3;2*1-2H3/b11-7-,14-9+,15-10+;;. The van der Waals surface area contributed by atoms with Crippen LogP contribution in [-0.4, -0.2) is 0 Å². The summed E-state index contributed by atoms with van der Waals surface area (Å²) in [6, 6.07) is 0. The average Bonchev–Trinajstić information content (AvgIpc) is 2.48. The molecule has 0 aliphatic rings. The molecular formula is C19H28. The summed E-state index contributed by atoms with van der Waals surface area (Å²) >= 11 is 0. The van der Waals surface area contributed by atoms with Crippen LogP contribution in [0.4, 0.5) is 0 Å². The van der Waals surface area contributed by atoms with Crippen molar-refractivity contribution in [2.75, 3.05) is 0 Å². The first-order chi connectivity index (χ1) is 9.28. The number of allylic oxidation sites excluding steroid dienone is 9. The smallest absolute Gasteiger partial charge is 0.0245 e. The first kappa shape index (κ1) is 22.2. The van der Waals surface area contributed by atoms with E-state index < -0.39 is 0 Å². The fourth-order valence-electron chi connectivity index (χ4n) is 0.877. The summed E-state index contributed by atoms with van der Waals surface area (Å²) in [6.45, 7) is 20.9. The lowest BCUT2D eigenvalue weighted by molar-refractivity contribution is 1.50. The van der Waals surface area contributed by atoms with E-state index >= 15 is 0 Å². The summed E-state index contributed by atoms with van der Waals surface area (Å²) in [5.74, 6) is 6.02. The second-order valence-corrected chi connectivity index (χ2v) is 2.67. The van der Waals surface area contributed by atoms with E-state index in [4.69, 9.17) is 0 Å². The monoisotopic (exact) mass is 256 g/mol. The van der Waals surface area contributed by atoms with Crippen LogP contribution in [0, 0.1) is 11.8 Å². The summed E-state index contributed by atoms with van der Waals surface area (Å²) in [6.07, 6.45) is 12.7. The summed E-state index contributed by atoms with van der Waals surface area (Å²) in [4.78, 5) is 0. The second-order valence-electron chi connectivity index (χ2n) is 2.67. The molecule has 0 aliphatic carbocycles. The van der Waals surface area contributed by atoms with Crippen molar-refractivity contribution in [1.29, 1.82) is 0 Å². The van der Waals surface area contributed by atoms with E-state index in [2.05, 4.69) is 31.6 Å². The van der Waals surface area contributed by atoms with Gasteiger partial charge in [0.15, 0.2) is 0 Å². The minimum Gasteiger partial charge on any atom is -0.0990 e. The van der Waals surface area contributed by atoms with E-state index in [0.29, 0.717) is 0 Å². The highest BCUT2D eigenvalue weighted by Crippen LogP contribution is 1.98. The van der Waals surface area contributed by atoms with Gasteiger partial charge in [0, 0.05) is 11.1 Å². The summed E-state index contributed by atoms with van der Waals surface area (Å²) < 4.78 is 0. The van der Waals surface area contributed by atoms with E-state index in [9.17, 15) is 0 Å². The van der Waals surface area contributed by atoms with Crippen molar-refractivity contribution in [2.24, 2.45) is 0 Å². The third kappa shape index (κ3) is 16.0. The second kappa shape index (κ2) is 21.3. The van der Waals surface area contributed by atoms with Crippen LogP contribution < -0.4 is 0 Å². The first-order valence-electron chi connectivity index (χ1n) is 6.71. The lowest BCUT2D eigenvalue weighted by atomic mass is 10.2. The van der Waals surface area contributed by atoms with Crippen LogP contribution in [-0.2, 0) is 0 Å². The first-order valence-corrected chi connectivity index (χ1v) is 6.71. The predicted octanol–water partition coefficient (Wildman–Crippen LogP) is 6.03. The van der Waals surface area contributed by atoms with Crippen LogP contribution in [0.2, 0.25) is 0 Å². The van der Waals surface area contributed by atoms with Crippen molar-refractivity contribution < 1.29 is 0 Å². The lowest BCUT2D eigenvalue weighted by Gasteiger charge is -1.88. The molecule has 0 atom stereocenters. The molecule has 0 spiro atoms. The van der Waals surface area contributed by atoms with Gasteiger partial charge in [-0.25, -0.2) is 0 Å². The molecular weight excluding hydrogens is 228 g/mol. The van der Waals surface area contributed by atoms with Gasteiger partial charge in [-0.15, -0.1) is 0 Å². The third-order valence-electron chi connectivity index (χ3n) is 1.51. The molecule has 0 unspecified atom stereocenters. The molecule has 104 valence electrons. The van der Waals surface area contributed by atoms with Crippen LogP contribution in [0.1, 0.15) is 34.6 Å². The van der Waals surface area contributed by atoms with Gasteiger partial charge in [-0.05, 0) is 19.1 Å². The van der Waals surface area contributed by atoms with E-state index in [1.165, 1.54) is 0 Å². The highest BCUT2D eigenvalue weighted by atomic mass is 13.9. The Kier molecular flexibility index (Phi) is 24.9. The molecule has 0 aromatic carbocycles. The maximum atomic E-state index is 3.67.